The second-order valence-corrected chi connectivity index (χ2v) is 7.75. The molecule has 0 aliphatic heterocycles. The summed E-state index contributed by atoms with van der Waals surface area (Å²) in [6.45, 7) is 2.23. The Balaban J connectivity index is 1.60. The van der Waals surface area contributed by atoms with Crippen molar-refractivity contribution in [1.29, 1.82) is 0 Å². The maximum atomic E-state index is 11.9. The van der Waals surface area contributed by atoms with Gasteiger partial charge >= 0.3 is 0 Å². The van der Waals surface area contributed by atoms with Crippen molar-refractivity contribution in [3.05, 3.63) is 92.4 Å². The van der Waals surface area contributed by atoms with Crippen LogP contribution < -0.4 is 14.8 Å². The van der Waals surface area contributed by atoms with Crippen LogP contribution in [0.1, 0.15) is 18.1 Å². The summed E-state index contributed by atoms with van der Waals surface area (Å²) in [5.41, 5.74) is 2.13. The van der Waals surface area contributed by atoms with E-state index in [1.54, 1.807) is 36.4 Å². The molecule has 9 nitrogen and oxygen atoms in total. The van der Waals surface area contributed by atoms with Crippen LogP contribution in [0.15, 0.2) is 76.4 Å². The van der Waals surface area contributed by atoms with Gasteiger partial charge in [-0.25, -0.2) is 0 Å². The Bertz CT molecular complexity index is 1150. The minimum atomic E-state index is -0.450. The van der Waals surface area contributed by atoms with Crippen LogP contribution in [-0.2, 0) is 16.2 Å². The smallest absolute Gasteiger partial charge is 0.269 e. The number of para-hydroxylation sites is 1. The molecule has 0 saturated carbocycles. The number of non-ortho nitro benzene ring substituents is 1. The summed E-state index contributed by atoms with van der Waals surface area (Å²) in [6, 6.07) is 18.7. The Hall–Kier alpha value is -3.92. The molecule has 10 heteroatoms. The van der Waals surface area contributed by atoms with Gasteiger partial charge in [0.15, 0.2) is 18.1 Å². The van der Waals surface area contributed by atoms with Gasteiger partial charge < -0.3 is 19.6 Å². The summed E-state index contributed by atoms with van der Waals surface area (Å²) >= 11 is 3.48. The first kappa shape index (κ1) is 24.7. The molecule has 0 fully saturated rings. The zero-order chi connectivity index (χ0) is 24.3. The fourth-order valence-electron chi connectivity index (χ4n) is 2.85. The molecule has 176 valence electrons. The summed E-state index contributed by atoms with van der Waals surface area (Å²) in [6.07, 6.45) is 1.46. The van der Waals surface area contributed by atoms with Crippen molar-refractivity contribution < 1.29 is 24.0 Å². The van der Waals surface area contributed by atoms with Crippen molar-refractivity contribution in [2.24, 2.45) is 5.16 Å². The fraction of sp³-hybridized carbons (Fsp3) is 0.167. The minimum absolute atomic E-state index is 0.0170. The van der Waals surface area contributed by atoms with E-state index in [1.165, 1.54) is 18.3 Å². The van der Waals surface area contributed by atoms with Crippen LogP contribution in [0.5, 0.6) is 11.5 Å². The van der Waals surface area contributed by atoms with Crippen LogP contribution in [0.2, 0.25) is 0 Å². The number of benzene rings is 3. The number of nitro groups is 1. The average Bonchev–Trinajstić information content (AvgIpc) is 2.82. The molecule has 0 bridgehead atoms. The summed E-state index contributed by atoms with van der Waals surface area (Å²) < 4.78 is 12.2. The Kier molecular flexibility index (Phi) is 8.98. The molecule has 3 rings (SSSR count). The molecule has 0 aromatic heterocycles. The standard InChI is InChI=1S/C24H22BrN3O6/c1-2-32-22-13-18(14-26-34-16-23(29)27-19-6-4-3-5-7-19)12-21(25)24(22)33-15-17-8-10-20(11-9-17)28(30)31/h3-14H,2,15-16H2,1H3,(H,27,29)/b26-14+. The van der Waals surface area contributed by atoms with Crippen molar-refractivity contribution in [1.82, 2.24) is 0 Å². The second kappa shape index (κ2) is 12.4. The molecule has 0 spiro atoms. The van der Waals surface area contributed by atoms with Gasteiger partial charge in [0.25, 0.3) is 11.6 Å². The van der Waals surface area contributed by atoms with Gasteiger partial charge in [0.2, 0.25) is 0 Å². The zero-order valence-corrected chi connectivity index (χ0v) is 19.9. The van der Waals surface area contributed by atoms with Gasteiger partial charge in [-0.1, -0.05) is 23.4 Å². The number of carbonyl (C=O) groups is 1. The van der Waals surface area contributed by atoms with E-state index in [1.807, 2.05) is 25.1 Å². The molecule has 0 aliphatic carbocycles. The Morgan fingerprint density at radius 1 is 1.12 bits per heavy atom. The SMILES string of the molecule is CCOc1cc(/C=N/OCC(=O)Nc2ccccc2)cc(Br)c1OCc1ccc([N+](=O)[O-])cc1. The molecular weight excluding hydrogens is 506 g/mol. The predicted molar refractivity (Wildman–Crippen MR) is 131 cm³/mol. The van der Waals surface area contributed by atoms with Crippen LogP contribution in [0, 0.1) is 10.1 Å². The van der Waals surface area contributed by atoms with Crippen LogP contribution in [0.25, 0.3) is 0 Å². The molecule has 0 aliphatic rings. The van der Waals surface area contributed by atoms with Crippen LogP contribution in [0.3, 0.4) is 0 Å². The summed E-state index contributed by atoms with van der Waals surface area (Å²) in [4.78, 5) is 27.4. The maximum absolute atomic E-state index is 11.9. The quantitative estimate of drug-likeness (QED) is 0.205. The topological polar surface area (TPSA) is 112 Å². The van der Waals surface area contributed by atoms with E-state index in [9.17, 15) is 14.9 Å². The third-order valence-corrected chi connectivity index (χ3v) is 4.98. The van der Waals surface area contributed by atoms with E-state index in [4.69, 9.17) is 14.3 Å². The first-order valence-corrected chi connectivity index (χ1v) is 11.1. The highest BCUT2D eigenvalue weighted by molar-refractivity contribution is 9.10. The molecule has 3 aromatic rings. The normalized spacial score (nSPS) is 10.6. The summed E-state index contributed by atoms with van der Waals surface area (Å²) in [5.74, 6) is 0.650. The lowest BCUT2D eigenvalue weighted by Crippen LogP contribution is -2.16. The number of hydrogen-bond donors (Lipinski definition) is 1. The number of oxime groups is 1. The molecule has 0 atom stereocenters. The fourth-order valence-corrected chi connectivity index (χ4v) is 3.42. The van der Waals surface area contributed by atoms with E-state index in [0.717, 1.165) is 5.56 Å². The van der Waals surface area contributed by atoms with Crippen molar-refractivity contribution >= 4 is 39.4 Å². The lowest BCUT2D eigenvalue weighted by atomic mass is 10.2. The van der Waals surface area contributed by atoms with Gasteiger partial charge in [-0.2, -0.15) is 0 Å². The highest BCUT2D eigenvalue weighted by Gasteiger charge is 2.13. The van der Waals surface area contributed by atoms with Gasteiger partial charge in [-0.05, 0) is 64.8 Å². The summed E-state index contributed by atoms with van der Waals surface area (Å²) in [5, 5.41) is 17.4. The Labute approximate surface area is 204 Å². The molecule has 1 amide bonds. The molecule has 0 saturated heterocycles. The first-order chi connectivity index (χ1) is 16.5. The third kappa shape index (κ3) is 7.31. The summed E-state index contributed by atoms with van der Waals surface area (Å²) in [7, 11) is 0. The van der Waals surface area contributed by atoms with Crippen LogP contribution in [0.4, 0.5) is 11.4 Å². The van der Waals surface area contributed by atoms with E-state index in [2.05, 4.69) is 26.4 Å². The largest absolute Gasteiger partial charge is 0.490 e. The molecular formula is C24H22BrN3O6. The lowest BCUT2D eigenvalue weighted by Gasteiger charge is -2.14. The number of anilines is 1. The molecule has 0 unspecified atom stereocenters. The van der Waals surface area contributed by atoms with Gasteiger partial charge in [0.05, 0.1) is 22.2 Å². The number of hydrogen-bond acceptors (Lipinski definition) is 7. The second-order valence-electron chi connectivity index (χ2n) is 6.90. The number of halogens is 1. The Morgan fingerprint density at radius 3 is 2.53 bits per heavy atom. The Morgan fingerprint density at radius 2 is 1.85 bits per heavy atom. The van der Waals surface area contributed by atoms with Crippen molar-refractivity contribution in [2.75, 3.05) is 18.5 Å². The number of ether oxygens (including phenoxy) is 2. The number of carbonyl (C=O) groups excluding carboxylic acids is 1. The minimum Gasteiger partial charge on any atom is -0.490 e. The van der Waals surface area contributed by atoms with Gasteiger partial charge in [-0.15, -0.1) is 0 Å². The molecule has 0 heterocycles. The number of nitro benzene ring substituents is 1. The third-order valence-electron chi connectivity index (χ3n) is 4.39. The monoisotopic (exact) mass is 527 g/mol. The van der Waals surface area contributed by atoms with Crippen molar-refractivity contribution in [3.63, 3.8) is 0 Å². The van der Waals surface area contributed by atoms with Crippen LogP contribution >= 0.6 is 15.9 Å². The van der Waals surface area contributed by atoms with E-state index < -0.39 is 4.92 Å². The lowest BCUT2D eigenvalue weighted by molar-refractivity contribution is -0.384. The molecule has 3 aromatic carbocycles. The molecule has 0 radical (unpaired) electrons. The molecule has 1 N–H and O–H groups in total. The number of rotatable bonds is 11. The van der Waals surface area contributed by atoms with Crippen LogP contribution in [-0.4, -0.2) is 30.3 Å². The van der Waals surface area contributed by atoms with Gasteiger partial charge in [0.1, 0.15) is 6.61 Å². The predicted octanol–water partition coefficient (Wildman–Crippen LogP) is 5.32. The maximum Gasteiger partial charge on any atom is 0.269 e. The van der Waals surface area contributed by atoms with Crippen molar-refractivity contribution in [3.8, 4) is 11.5 Å². The van der Waals surface area contributed by atoms with E-state index >= 15 is 0 Å². The van der Waals surface area contributed by atoms with Crippen molar-refractivity contribution in [2.45, 2.75) is 13.5 Å². The first-order valence-electron chi connectivity index (χ1n) is 10.3. The highest BCUT2D eigenvalue weighted by atomic mass is 79.9. The van der Waals surface area contributed by atoms with Gasteiger partial charge in [0, 0.05) is 23.4 Å². The zero-order valence-electron chi connectivity index (χ0n) is 18.3. The van der Waals surface area contributed by atoms with Gasteiger partial charge in [-0.3, -0.25) is 14.9 Å². The van der Waals surface area contributed by atoms with E-state index in [0.29, 0.717) is 33.8 Å². The van der Waals surface area contributed by atoms with E-state index in [-0.39, 0.29) is 24.8 Å². The highest BCUT2D eigenvalue weighted by Crippen LogP contribution is 2.37. The number of nitrogens with one attached hydrogen (secondary N) is 1. The molecule has 34 heavy (non-hydrogen) atoms. The number of amides is 1. The average molecular weight is 528 g/mol. The number of nitrogens with zero attached hydrogens (tertiary/aromatic N) is 2.